The normalized spacial score (nSPS) is 15.4. The Bertz CT molecular complexity index is 1070. The van der Waals surface area contributed by atoms with Crippen LogP contribution < -0.4 is 15.0 Å². The number of barbiturate groups is 1. The van der Waals surface area contributed by atoms with Crippen molar-refractivity contribution in [3.63, 3.8) is 0 Å². The van der Waals surface area contributed by atoms with E-state index in [1.165, 1.54) is 24.3 Å². The Morgan fingerprint density at radius 1 is 1.21 bits per heavy atom. The maximum atomic E-state index is 12.9. The number of nitro benzene ring substituents is 1. The lowest BCUT2D eigenvalue weighted by Gasteiger charge is -2.26. The van der Waals surface area contributed by atoms with Crippen molar-refractivity contribution < 1.29 is 24.0 Å². The Labute approximate surface area is 173 Å². The molecule has 3 rings (SSSR count). The summed E-state index contributed by atoms with van der Waals surface area (Å²) in [6, 6.07) is 9.03. The molecule has 4 amide bonds. The van der Waals surface area contributed by atoms with Crippen molar-refractivity contribution in [2.24, 2.45) is 0 Å². The monoisotopic (exact) mass is 459 g/mol. The number of nitrogens with one attached hydrogen (secondary N) is 1. The quantitative estimate of drug-likeness (QED) is 0.316. The van der Waals surface area contributed by atoms with Crippen LogP contribution in [-0.4, -0.2) is 29.4 Å². The van der Waals surface area contributed by atoms with Gasteiger partial charge in [-0.3, -0.25) is 25.0 Å². The van der Waals surface area contributed by atoms with Gasteiger partial charge in [0, 0.05) is 12.1 Å². The summed E-state index contributed by atoms with van der Waals surface area (Å²) < 4.78 is 6.05. The molecule has 0 bridgehead atoms. The van der Waals surface area contributed by atoms with Gasteiger partial charge in [0.05, 0.1) is 21.7 Å². The van der Waals surface area contributed by atoms with Crippen LogP contribution in [0.2, 0.25) is 0 Å². The maximum absolute atomic E-state index is 12.9. The number of hydrogen-bond donors (Lipinski definition) is 1. The van der Waals surface area contributed by atoms with Crippen LogP contribution in [0.4, 0.5) is 16.2 Å². The molecule has 0 spiro atoms. The van der Waals surface area contributed by atoms with Crippen LogP contribution in [0.1, 0.15) is 12.5 Å². The van der Waals surface area contributed by atoms with Gasteiger partial charge in [-0.2, -0.15) is 0 Å². The molecular weight excluding hydrogens is 446 g/mol. The summed E-state index contributed by atoms with van der Waals surface area (Å²) in [5, 5.41) is 13.1. The highest BCUT2D eigenvalue weighted by Gasteiger charge is 2.37. The molecule has 0 aliphatic carbocycles. The number of imide groups is 2. The number of urea groups is 1. The average Bonchev–Trinajstić information content (AvgIpc) is 2.67. The van der Waals surface area contributed by atoms with Crippen molar-refractivity contribution in [2.45, 2.75) is 6.92 Å². The molecule has 1 saturated heterocycles. The van der Waals surface area contributed by atoms with Crippen molar-refractivity contribution in [2.75, 3.05) is 11.5 Å². The Morgan fingerprint density at radius 2 is 1.97 bits per heavy atom. The average molecular weight is 460 g/mol. The third-order valence-electron chi connectivity index (χ3n) is 3.97. The lowest BCUT2D eigenvalue weighted by molar-refractivity contribution is -0.384. The van der Waals surface area contributed by atoms with E-state index >= 15 is 0 Å². The van der Waals surface area contributed by atoms with Crippen LogP contribution in [0.25, 0.3) is 6.08 Å². The van der Waals surface area contributed by atoms with Crippen LogP contribution in [0.15, 0.2) is 52.5 Å². The zero-order chi connectivity index (χ0) is 21.1. The summed E-state index contributed by atoms with van der Waals surface area (Å²) in [4.78, 5) is 48.3. The van der Waals surface area contributed by atoms with E-state index < -0.39 is 22.8 Å². The number of halogens is 1. The molecule has 2 aromatic carbocycles. The number of nitro groups is 1. The number of carbonyl (C=O) groups is 3. The van der Waals surface area contributed by atoms with Crippen molar-refractivity contribution in [1.29, 1.82) is 0 Å². The zero-order valence-corrected chi connectivity index (χ0v) is 16.6. The third kappa shape index (κ3) is 4.16. The summed E-state index contributed by atoms with van der Waals surface area (Å²) in [5.74, 6) is -1.14. The highest BCUT2D eigenvalue weighted by molar-refractivity contribution is 9.10. The molecule has 1 N–H and O–H groups in total. The highest BCUT2D eigenvalue weighted by atomic mass is 79.9. The fourth-order valence-corrected chi connectivity index (χ4v) is 3.19. The van der Waals surface area contributed by atoms with E-state index in [0.717, 1.165) is 6.07 Å². The van der Waals surface area contributed by atoms with Crippen LogP contribution in [0.3, 0.4) is 0 Å². The van der Waals surface area contributed by atoms with Gasteiger partial charge >= 0.3 is 6.03 Å². The highest BCUT2D eigenvalue weighted by Crippen LogP contribution is 2.29. The molecule has 0 atom stereocenters. The summed E-state index contributed by atoms with van der Waals surface area (Å²) in [6.45, 7) is 2.31. The molecule has 1 aliphatic heterocycles. The van der Waals surface area contributed by atoms with Gasteiger partial charge in [-0.1, -0.05) is 12.1 Å². The Kier molecular flexibility index (Phi) is 5.74. The van der Waals surface area contributed by atoms with Gasteiger partial charge in [-0.15, -0.1) is 0 Å². The molecule has 0 aromatic heterocycles. The molecule has 148 valence electrons. The first-order chi connectivity index (χ1) is 13.8. The van der Waals surface area contributed by atoms with Gasteiger partial charge in [-0.05, 0) is 52.7 Å². The second-order valence-corrected chi connectivity index (χ2v) is 6.71. The van der Waals surface area contributed by atoms with Gasteiger partial charge in [-0.25, -0.2) is 9.69 Å². The van der Waals surface area contributed by atoms with E-state index in [1.807, 2.05) is 6.92 Å². The van der Waals surface area contributed by atoms with Crippen molar-refractivity contribution >= 4 is 51.2 Å². The molecule has 29 heavy (non-hydrogen) atoms. The first-order valence-corrected chi connectivity index (χ1v) is 9.19. The van der Waals surface area contributed by atoms with Gasteiger partial charge in [0.25, 0.3) is 17.5 Å². The number of non-ortho nitro benzene ring substituents is 1. The van der Waals surface area contributed by atoms with Crippen LogP contribution >= 0.6 is 15.9 Å². The van der Waals surface area contributed by atoms with E-state index in [-0.39, 0.29) is 16.9 Å². The number of ether oxygens (including phenoxy) is 1. The molecule has 1 fully saturated rings. The van der Waals surface area contributed by atoms with E-state index in [1.54, 1.807) is 18.2 Å². The van der Waals surface area contributed by atoms with Crippen LogP contribution in [0.5, 0.6) is 5.75 Å². The zero-order valence-electron chi connectivity index (χ0n) is 15.0. The number of hydrogen-bond acceptors (Lipinski definition) is 6. The number of rotatable bonds is 5. The molecule has 0 saturated carbocycles. The minimum atomic E-state index is -0.981. The summed E-state index contributed by atoms with van der Waals surface area (Å²) >= 11 is 3.35. The van der Waals surface area contributed by atoms with Crippen molar-refractivity contribution in [1.82, 2.24) is 5.32 Å². The Balaban J connectivity index is 1.99. The molecular formula is C19H14BrN3O6. The second-order valence-electron chi connectivity index (χ2n) is 5.86. The molecule has 0 unspecified atom stereocenters. The van der Waals surface area contributed by atoms with E-state index in [4.69, 9.17) is 4.74 Å². The molecule has 2 aromatic rings. The minimum absolute atomic E-state index is 0.0204. The topological polar surface area (TPSA) is 119 Å². The predicted molar refractivity (Wildman–Crippen MR) is 107 cm³/mol. The van der Waals surface area contributed by atoms with Gasteiger partial charge in [0.2, 0.25) is 0 Å². The fourth-order valence-electron chi connectivity index (χ4n) is 2.68. The van der Waals surface area contributed by atoms with E-state index in [9.17, 15) is 24.5 Å². The minimum Gasteiger partial charge on any atom is -0.493 e. The van der Waals surface area contributed by atoms with E-state index in [2.05, 4.69) is 21.2 Å². The Morgan fingerprint density at radius 3 is 2.62 bits per heavy atom. The first-order valence-electron chi connectivity index (χ1n) is 8.40. The maximum Gasteiger partial charge on any atom is 0.335 e. The standard InChI is InChI=1S/C19H14BrN3O6/c1-2-29-16-7-6-11(9-15(16)20)8-14-17(24)21-19(26)22(18(14)25)12-4-3-5-13(10-12)23(27)28/h3-10H,2H2,1H3,(H,21,24,26)/b14-8+. The first kappa shape index (κ1) is 20.2. The molecule has 9 nitrogen and oxygen atoms in total. The molecule has 1 heterocycles. The lowest BCUT2D eigenvalue weighted by atomic mass is 10.1. The number of amides is 4. The SMILES string of the molecule is CCOc1ccc(/C=C2\C(=O)NC(=O)N(c3cccc([N+](=O)[O-])c3)C2=O)cc1Br. The molecule has 10 heteroatoms. The van der Waals surface area contributed by atoms with Crippen LogP contribution in [-0.2, 0) is 9.59 Å². The molecule has 1 aliphatic rings. The van der Waals surface area contributed by atoms with Gasteiger partial charge in [0.15, 0.2) is 0 Å². The smallest absolute Gasteiger partial charge is 0.335 e. The van der Waals surface area contributed by atoms with Gasteiger partial charge in [0.1, 0.15) is 11.3 Å². The lowest BCUT2D eigenvalue weighted by Crippen LogP contribution is -2.54. The number of nitrogens with zero attached hydrogens (tertiary/aromatic N) is 2. The number of anilines is 1. The largest absolute Gasteiger partial charge is 0.493 e. The van der Waals surface area contributed by atoms with Crippen molar-refractivity contribution in [3.05, 3.63) is 68.2 Å². The van der Waals surface area contributed by atoms with Crippen LogP contribution in [0, 0.1) is 10.1 Å². The number of benzene rings is 2. The fraction of sp³-hybridized carbons (Fsp3) is 0.105. The molecule has 0 radical (unpaired) electrons. The van der Waals surface area contributed by atoms with Gasteiger partial charge < -0.3 is 4.74 Å². The summed E-state index contributed by atoms with van der Waals surface area (Å²) in [5.41, 5.74) is -0.0757. The van der Waals surface area contributed by atoms with E-state index in [0.29, 0.717) is 27.3 Å². The third-order valence-corrected chi connectivity index (χ3v) is 4.59. The second kappa shape index (κ2) is 8.23. The number of carbonyl (C=O) groups excluding carboxylic acids is 3. The van der Waals surface area contributed by atoms with Crippen molar-refractivity contribution in [3.8, 4) is 5.75 Å². The predicted octanol–water partition coefficient (Wildman–Crippen LogP) is 3.42. The Hall–Kier alpha value is -3.53. The summed E-state index contributed by atoms with van der Waals surface area (Å²) in [7, 11) is 0. The summed E-state index contributed by atoms with van der Waals surface area (Å²) in [6.07, 6.45) is 1.33.